The third-order valence-corrected chi connectivity index (χ3v) is 7.08. The second-order valence-corrected chi connectivity index (χ2v) is 8.16. The van der Waals surface area contributed by atoms with Crippen molar-refractivity contribution in [3.63, 3.8) is 0 Å². The van der Waals surface area contributed by atoms with Crippen molar-refractivity contribution in [2.24, 2.45) is 0 Å². The third-order valence-electron chi connectivity index (χ3n) is 2.13. The molecule has 1 aromatic carbocycles. The van der Waals surface area contributed by atoms with E-state index in [1.807, 2.05) is 58.5 Å². The minimum absolute atomic E-state index is 1.07. The summed E-state index contributed by atoms with van der Waals surface area (Å²) in [5, 5.41) is 3.43. The molecule has 84 valence electrons. The molecule has 0 aliphatic rings. The second-order valence-electron chi connectivity index (χ2n) is 3.72. The van der Waals surface area contributed by atoms with Crippen molar-refractivity contribution < 1.29 is 0 Å². The van der Waals surface area contributed by atoms with Crippen LogP contribution in [0.4, 0.5) is 5.69 Å². The highest BCUT2D eigenvalue weighted by molar-refractivity contribution is 8.12. The number of nitrogens with zero attached hydrogens (tertiary/aromatic N) is 2. The standard InChI is InChI=1S/C10H18N3PS/c1-12(2)14(15,13(3)4)11-10-8-6-5-7-9-10/h5-9H,1-4H3,(H,11,15). The minimum Gasteiger partial charge on any atom is -0.335 e. The van der Waals surface area contributed by atoms with Crippen molar-refractivity contribution >= 4 is 24.0 Å². The highest BCUT2D eigenvalue weighted by Crippen LogP contribution is 2.49. The fourth-order valence-electron chi connectivity index (χ4n) is 1.24. The van der Waals surface area contributed by atoms with Gasteiger partial charge in [0.2, 0.25) is 0 Å². The summed E-state index contributed by atoms with van der Waals surface area (Å²) >= 11 is 5.68. The lowest BCUT2D eigenvalue weighted by Gasteiger charge is -2.35. The molecule has 0 spiro atoms. The molecular formula is C10H18N3PS. The maximum atomic E-state index is 5.68. The van der Waals surface area contributed by atoms with Gasteiger partial charge in [0.15, 0.2) is 6.49 Å². The lowest BCUT2D eigenvalue weighted by molar-refractivity contribution is 0.576. The maximum Gasteiger partial charge on any atom is 0.166 e. The van der Waals surface area contributed by atoms with E-state index in [0.717, 1.165) is 5.69 Å². The average molecular weight is 243 g/mol. The lowest BCUT2D eigenvalue weighted by atomic mass is 10.3. The number of hydrogen-bond donors (Lipinski definition) is 1. The van der Waals surface area contributed by atoms with Crippen LogP contribution in [0.25, 0.3) is 0 Å². The summed E-state index contributed by atoms with van der Waals surface area (Å²) < 4.78 is 4.16. The van der Waals surface area contributed by atoms with Gasteiger partial charge in [-0.25, -0.2) is 0 Å². The van der Waals surface area contributed by atoms with Crippen molar-refractivity contribution in [2.75, 3.05) is 33.3 Å². The number of rotatable bonds is 4. The molecule has 1 aromatic rings. The molecule has 0 amide bonds. The van der Waals surface area contributed by atoms with Gasteiger partial charge in [-0.2, -0.15) is 0 Å². The van der Waals surface area contributed by atoms with Crippen molar-refractivity contribution in [3.05, 3.63) is 30.3 Å². The van der Waals surface area contributed by atoms with Gasteiger partial charge in [-0.15, -0.1) is 0 Å². The third kappa shape index (κ3) is 3.02. The van der Waals surface area contributed by atoms with Crippen LogP contribution in [-0.4, -0.2) is 37.5 Å². The van der Waals surface area contributed by atoms with Crippen LogP contribution in [0.1, 0.15) is 0 Å². The monoisotopic (exact) mass is 243 g/mol. The Labute approximate surface area is 97.2 Å². The zero-order valence-electron chi connectivity index (χ0n) is 9.64. The van der Waals surface area contributed by atoms with Crippen LogP contribution in [0.2, 0.25) is 0 Å². The number of anilines is 1. The molecule has 0 saturated heterocycles. The number of hydrogen-bond acceptors (Lipinski definition) is 1. The zero-order valence-corrected chi connectivity index (χ0v) is 11.3. The van der Waals surface area contributed by atoms with Crippen molar-refractivity contribution in [1.29, 1.82) is 0 Å². The summed E-state index contributed by atoms with van der Waals surface area (Å²) in [7, 11) is 8.04. The van der Waals surface area contributed by atoms with E-state index >= 15 is 0 Å². The first kappa shape index (κ1) is 12.7. The topological polar surface area (TPSA) is 18.5 Å². The number of benzene rings is 1. The van der Waals surface area contributed by atoms with Crippen LogP contribution in [0.3, 0.4) is 0 Å². The van der Waals surface area contributed by atoms with E-state index in [1.165, 1.54) is 0 Å². The molecule has 5 heteroatoms. The van der Waals surface area contributed by atoms with Crippen molar-refractivity contribution in [1.82, 2.24) is 9.34 Å². The van der Waals surface area contributed by atoms with Crippen molar-refractivity contribution in [2.45, 2.75) is 0 Å². The molecule has 1 N–H and O–H groups in total. The fourth-order valence-corrected chi connectivity index (χ4v) is 3.16. The van der Waals surface area contributed by atoms with Crippen LogP contribution in [0, 0.1) is 0 Å². The molecule has 0 atom stereocenters. The Balaban J connectivity index is 2.91. The van der Waals surface area contributed by atoms with Gasteiger partial charge in [0.1, 0.15) is 0 Å². The van der Waals surface area contributed by atoms with Gasteiger partial charge in [-0.1, -0.05) is 18.2 Å². The molecule has 0 unspecified atom stereocenters. The van der Waals surface area contributed by atoms with E-state index in [4.69, 9.17) is 11.8 Å². The quantitative estimate of drug-likeness (QED) is 0.818. The predicted molar refractivity (Wildman–Crippen MR) is 71.7 cm³/mol. The van der Waals surface area contributed by atoms with Gasteiger partial charge in [0.05, 0.1) is 0 Å². The van der Waals surface area contributed by atoms with Gasteiger partial charge in [0, 0.05) is 5.69 Å². The van der Waals surface area contributed by atoms with Gasteiger partial charge in [-0.05, 0) is 52.1 Å². The molecular weight excluding hydrogens is 225 g/mol. The molecule has 0 radical (unpaired) electrons. The summed E-state index contributed by atoms with van der Waals surface area (Å²) in [6.07, 6.45) is 0. The summed E-state index contributed by atoms with van der Waals surface area (Å²) in [6.45, 7) is -1.84. The molecule has 0 aliphatic carbocycles. The van der Waals surface area contributed by atoms with Gasteiger partial charge < -0.3 is 5.09 Å². The molecule has 0 aromatic heterocycles. The Morgan fingerprint density at radius 3 is 1.87 bits per heavy atom. The molecule has 15 heavy (non-hydrogen) atoms. The van der Waals surface area contributed by atoms with Crippen LogP contribution in [0.5, 0.6) is 0 Å². The van der Waals surface area contributed by atoms with Gasteiger partial charge in [-0.3, -0.25) is 9.34 Å². The predicted octanol–water partition coefficient (Wildman–Crippen LogP) is 2.45. The summed E-state index contributed by atoms with van der Waals surface area (Å²) in [5.74, 6) is 0. The summed E-state index contributed by atoms with van der Waals surface area (Å²) in [5.41, 5.74) is 1.07. The van der Waals surface area contributed by atoms with Crippen LogP contribution < -0.4 is 5.09 Å². The van der Waals surface area contributed by atoms with Crippen LogP contribution in [-0.2, 0) is 11.8 Å². The molecule has 0 bridgehead atoms. The molecule has 3 nitrogen and oxygen atoms in total. The zero-order chi connectivity index (χ0) is 11.5. The van der Waals surface area contributed by atoms with E-state index in [9.17, 15) is 0 Å². The Bertz CT molecular complexity index is 339. The maximum absolute atomic E-state index is 5.68. The summed E-state index contributed by atoms with van der Waals surface area (Å²) in [6, 6.07) is 10.1. The second kappa shape index (κ2) is 5.08. The summed E-state index contributed by atoms with van der Waals surface area (Å²) in [4.78, 5) is 0. The number of para-hydroxylation sites is 1. The van der Waals surface area contributed by atoms with E-state index in [2.05, 4.69) is 14.4 Å². The minimum atomic E-state index is -1.84. The molecule has 1 rings (SSSR count). The fraction of sp³-hybridized carbons (Fsp3) is 0.400. The Morgan fingerprint density at radius 2 is 1.47 bits per heavy atom. The van der Waals surface area contributed by atoms with Crippen LogP contribution in [0.15, 0.2) is 30.3 Å². The van der Waals surface area contributed by atoms with E-state index < -0.39 is 6.49 Å². The van der Waals surface area contributed by atoms with Gasteiger partial charge >= 0.3 is 0 Å². The van der Waals surface area contributed by atoms with Gasteiger partial charge in [0.25, 0.3) is 0 Å². The van der Waals surface area contributed by atoms with E-state index in [0.29, 0.717) is 0 Å². The highest BCUT2D eigenvalue weighted by Gasteiger charge is 2.22. The van der Waals surface area contributed by atoms with E-state index in [-0.39, 0.29) is 0 Å². The number of nitrogens with one attached hydrogen (secondary N) is 1. The lowest BCUT2D eigenvalue weighted by Crippen LogP contribution is -2.25. The smallest absolute Gasteiger partial charge is 0.166 e. The average Bonchev–Trinajstić information content (AvgIpc) is 2.18. The highest BCUT2D eigenvalue weighted by atomic mass is 32.4. The Hall–Kier alpha value is -0.410. The Morgan fingerprint density at radius 1 is 1.00 bits per heavy atom. The van der Waals surface area contributed by atoms with Crippen molar-refractivity contribution in [3.8, 4) is 0 Å². The van der Waals surface area contributed by atoms with Crippen LogP contribution >= 0.6 is 6.49 Å². The Kier molecular flexibility index (Phi) is 4.29. The first-order valence-electron chi connectivity index (χ1n) is 4.76. The van der Waals surface area contributed by atoms with E-state index in [1.54, 1.807) is 0 Å². The normalized spacial score (nSPS) is 12.1. The molecule has 0 heterocycles. The molecule has 0 saturated carbocycles. The molecule has 0 aliphatic heterocycles. The first-order valence-corrected chi connectivity index (χ1v) is 7.46. The largest absolute Gasteiger partial charge is 0.335 e. The first-order chi connectivity index (χ1) is 6.97. The SMILES string of the molecule is CN(C)P(=S)(Nc1ccccc1)N(C)C. The molecule has 0 fully saturated rings.